The Balaban J connectivity index is 1.77. The number of carbonyl (C=O) groups is 3. The Morgan fingerprint density at radius 3 is 2.43 bits per heavy atom. The fourth-order valence-corrected chi connectivity index (χ4v) is 5.18. The van der Waals surface area contributed by atoms with Crippen molar-refractivity contribution in [3.63, 3.8) is 0 Å². The standard InChI is InChI=1S/C27H37ClN4O4S/c1-18(2)15-31(17-27(3,4)5)21(14-29-26(35)22-10-11-23(28)37-22)25(34)30-19-6-8-20(9-7-19)32-12-13-36-16-24(32)33/h6-11,18,21H,12-17H2,1-5H3,(H,29,35)(H,30,34)/t21-/m1/s1. The monoisotopic (exact) mass is 548 g/mol. The van der Waals surface area contributed by atoms with E-state index in [1.807, 2.05) is 12.1 Å². The summed E-state index contributed by atoms with van der Waals surface area (Å²) in [5.41, 5.74) is 1.33. The lowest BCUT2D eigenvalue weighted by Crippen LogP contribution is -2.53. The predicted molar refractivity (Wildman–Crippen MR) is 150 cm³/mol. The van der Waals surface area contributed by atoms with Crippen LogP contribution in [0.4, 0.5) is 11.4 Å². The Bertz CT molecular complexity index is 1080. The second kappa shape index (κ2) is 12.9. The first kappa shape index (κ1) is 29.1. The van der Waals surface area contributed by atoms with Crippen molar-refractivity contribution < 1.29 is 19.1 Å². The molecule has 3 rings (SSSR count). The van der Waals surface area contributed by atoms with Gasteiger partial charge in [-0.05, 0) is 47.7 Å². The summed E-state index contributed by atoms with van der Waals surface area (Å²) in [6.07, 6.45) is 0. The van der Waals surface area contributed by atoms with Gasteiger partial charge in [0.05, 0.1) is 15.8 Å². The van der Waals surface area contributed by atoms with Crippen molar-refractivity contribution in [2.24, 2.45) is 11.3 Å². The first-order valence-corrected chi connectivity index (χ1v) is 13.7. The zero-order valence-electron chi connectivity index (χ0n) is 22.2. The van der Waals surface area contributed by atoms with E-state index in [0.717, 1.165) is 5.69 Å². The van der Waals surface area contributed by atoms with Gasteiger partial charge in [0, 0.05) is 37.6 Å². The Hall–Kier alpha value is -2.46. The number of thiophene rings is 1. The Morgan fingerprint density at radius 2 is 1.86 bits per heavy atom. The molecule has 1 aromatic heterocycles. The lowest BCUT2D eigenvalue weighted by atomic mass is 9.94. The molecule has 1 fully saturated rings. The topological polar surface area (TPSA) is 91.0 Å². The molecular formula is C27H37ClN4O4S. The molecule has 0 bridgehead atoms. The van der Waals surface area contributed by atoms with Crippen molar-refractivity contribution >= 4 is 52.0 Å². The van der Waals surface area contributed by atoms with Gasteiger partial charge in [-0.25, -0.2) is 0 Å². The van der Waals surface area contributed by atoms with Crippen LogP contribution in [0.25, 0.3) is 0 Å². The highest BCUT2D eigenvalue weighted by molar-refractivity contribution is 7.18. The molecule has 202 valence electrons. The average molecular weight is 549 g/mol. The van der Waals surface area contributed by atoms with E-state index in [1.165, 1.54) is 11.3 Å². The number of ether oxygens (including phenoxy) is 1. The van der Waals surface area contributed by atoms with E-state index < -0.39 is 6.04 Å². The van der Waals surface area contributed by atoms with E-state index in [0.29, 0.717) is 47.1 Å². The number of hydrogen-bond donors (Lipinski definition) is 2. The second-order valence-electron chi connectivity index (χ2n) is 10.8. The molecule has 1 atom stereocenters. The zero-order chi connectivity index (χ0) is 27.2. The van der Waals surface area contributed by atoms with Crippen LogP contribution in [0, 0.1) is 11.3 Å². The molecule has 1 saturated heterocycles. The van der Waals surface area contributed by atoms with E-state index in [4.69, 9.17) is 16.3 Å². The minimum atomic E-state index is -0.582. The predicted octanol–water partition coefficient (Wildman–Crippen LogP) is 4.51. The van der Waals surface area contributed by atoms with Crippen LogP contribution in [0.1, 0.15) is 44.3 Å². The van der Waals surface area contributed by atoms with Crippen molar-refractivity contribution in [3.05, 3.63) is 45.6 Å². The van der Waals surface area contributed by atoms with Crippen molar-refractivity contribution in [2.75, 3.05) is 49.6 Å². The van der Waals surface area contributed by atoms with E-state index in [-0.39, 0.29) is 36.3 Å². The summed E-state index contributed by atoms with van der Waals surface area (Å²) in [4.78, 5) is 42.8. The molecule has 0 radical (unpaired) electrons. The third kappa shape index (κ3) is 8.81. The molecule has 1 aliphatic rings. The van der Waals surface area contributed by atoms with Crippen LogP contribution in [0.3, 0.4) is 0 Å². The summed E-state index contributed by atoms with van der Waals surface area (Å²) >= 11 is 7.20. The first-order chi connectivity index (χ1) is 17.4. The maximum atomic E-state index is 13.6. The van der Waals surface area contributed by atoms with Crippen molar-refractivity contribution in [3.8, 4) is 0 Å². The van der Waals surface area contributed by atoms with E-state index in [9.17, 15) is 14.4 Å². The number of amides is 3. The normalized spacial score (nSPS) is 15.2. The number of nitrogens with zero attached hydrogens (tertiary/aromatic N) is 2. The molecule has 2 heterocycles. The molecule has 1 aliphatic heterocycles. The maximum absolute atomic E-state index is 13.6. The van der Waals surface area contributed by atoms with Gasteiger partial charge >= 0.3 is 0 Å². The third-order valence-electron chi connectivity index (χ3n) is 5.71. The Labute approximate surface area is 228 Å². The summed E-state index contributed by atoms with van der Waals surface area (Å²) in [6.45, 7) is 13.2. The number of carbonyl (C=O) groups excluding carboxylic acids is 3. The van der Waals surface area contributed by atoms with Crippen LogP contribution >= 0.6 is 22.9 Å². The van der Waals surface area contributed by atoms with Gasteiger partial charge in [0.2, 0.25) is 5.91 Å². The van der Waals surface area contributed by atoms with Gasteiger partial charge in [0.25, 0.3) is 11.8 Å². The van der Waals surface area contributed by atoms with E-state index in [2.05, 4.69) is 50.2 Å². The summed E-state index contributed by atoms with van der Waals surface area (Å²) in [5, 5.41) is 5.94. The summed E-state index contributed by atoms with van der Waals surface area (Å²) in [7, 11) is 0. The van der Waals surface area contributed by atoms with Crippen molar-refractivity contribution in [1.29, 1.82) is 0 Å². The number of morpholine rings is 1. The quantitative estimate of drug-likeness (QED) is 0.456. The summed E-state index contributed by atoms with van der Waals surface area (Å²) < 4.78 is 5.74. The van der Waals surface area contributed by atoms with Crippen LogP contribution in [0.15, 0.2) is 36.4 Å². The minimum Gasteiger partial charge on any atom is -0.370 e. The van der Waals surface area contributed by atoms with Crippen LogP contribution in [0.2, 0.25) is 4.34 Å². The highest BCUT2D eigenvalue weighted by Gasteiger charge is 2.30. The Kier molecular flexibility index (Phi) is 10.1. The molecule has 10 heteroatoms. The molecule has 2 N–H and O–H groups in total. The summed E-state index contributed by atoms with van der Waals surface area (Å²) in [5.74, 6) is -0.216. The zero-order valence-corrected chi connectivity index (χ0v) is 23.7. The lowest BCUT2D eigenvalue weighted by Gasteiger charge is -2.36. The molecule has 37 heavy (non-hydrogen) atoms. The maximum Gasteiger partial charge on any atom is 0.261 e. The highest BCUT2D eigenvalue weighted by Crippen LogP contribution is 2.23. The smallest absolute Gasteiger partial charge is 0.261 e. The van der Waals surface area contributed by atoms with Crippen molar-refractivity contribution in [2.45, 2.75) is 40.7 Å². The number of halogens is 1. The van der Waals surface area contributed by atoms with Gasteiger partial charge < -0.3 is 20.3 Å². The van der Waals surface area contributed by atoms with E-state index >= 15 is 0 Å². The molecule has 8 nitrogen and oxygen atoms in total. The summed E-state index contributed by atoms with van der Waals surface area (Å²) in [6, 6.07) is 9.99. The molecule has 0 unspecified atom stereocenters. The van der Waals surface area contributed by atoms with E-state index in [1.54, 1.807) is 29.2 Å². The molecular weight excluding hydrogens is 512 g/mol. The van der Waals surface area contributed by atoms with Crippen molar-refractivity contribution in [1.82, 2.24) is 10.2 Å². The number of rotatable bonds is 10. The van der Waals surface area contributed by atoms with Gasteiger partial charge in [-0.1, -0.05) is 46.2 Å². The van der Waals surface area contributed by atoms with Gasteiger partial charge in [0.1, 0.15) is 12.6 Å². The molecule has 0 saturated carbocycles. The molecule has 0 aliphatic carbocycles. The largest absolute Gasteiger partial charge is 0.370 e. The van der Waals surface area contributed by atoms with Crippen LogP contribution in [-0.4, -0.2) is 68.1 Å². The van der Waals surface area contributed by atoms with Gasteiger partial charge in [0.15, 0.2) is 0 Å². The molecule has 3 amide bonds. The number of nitrogens with one attached hydrogen (secondary N) is 2. The average Bonchev–Trinajstić information content (AvgIpc) is 3.25. The highest BCUT2D eigenvalue weighted by atomic mass is 35.5. The lowest BCUT2D eigenvalue weighted by molar-refractivity contribution is -0.125. The minimum absolute atomic E-state index is 0.0505. The van der Waals surface area contributed by atoms with Crippen LogP contribution in [-0.2, 0) is 14.3 Å². The van der Waals surface area contributed by atoms with Gasteiger partial charge in [-0.2, -0.15) is 0 Å². The number of benzene rings is 1. The Morgan fingerprint density at radius 1 is 1.16 bits per heavy atom. The fraction of sp³-hybridized carbons (Fsp3) is 0.519. The van der Waals surface area contributed by atoms with Gasteiger partial charge in [-0.15, -0.1) is 11.3 Å². The number of anilines is 2. The first-order valence-electron chi connectivity index (χ1n) is 12.5. The van der Waals surface area contributed by atoms with Crippen LogP contribution in [0.5, 0.6) is 0 Å². The molecule has 2 aromatic rings. The second-order valence-corrected chi connectivity index (χ2v) is 12.6. The fourth-order valence-electron chi connectivity index (χ4n) is 4.22. The SMILES string of the molecule is CC(C)CN(CC(C)(C)C)[C@H](CNC(=O)c1ccc(Cl)s1)C(=O)Nc1ccc(N2CCOCC2=O)cc1. The molecule has 1 aromatic carbocycles. The van der Waals surface area contributed by atoms with Gasteiger partial charge in [-0.3, -0.25) is 19.3 Å². The molecule has 0 spiro atoms. The number of hydrogen-bond acceptors (Lipinski definition) is 6. The third-order valence-corrected chi connectivity index (χ3v) is 6.94. The van der Waals surface area contributed by atoms with Crippen LogP contribution < -0.4 is 15.5 Å².